The smallest absolute Gasteiger partial charge is 0.301 e. The first-order chi connectivity index (χ1) is 17.4. The van der Waals surface area contributed by atoms with Crippen molar-refractivity contribution in [2.24, 2.45) is 0 Å². The van der Waals surface area contributed by atoms with Gasteiger partial charge in [0.2, 0.25) is 0 Å². The zero-order valence-electron chi connectivity index (χ0n) is 18.9. The second-order valence-corrected chi connectivity index (χ2v) is 9.95. The maximum Gasteiger partial charge on any atom is 0.301 e. The molecule has 0 spiro atoms. The molecule has 0 bridgehead atoms. The predicted octanol–water partition coefficient (Wildman–Crippen LogP) is 5.68. The van der Waals surface area contributed by atoms with Crippen molar-refractivity contribution in [1.29, 1.82) is 0 Å². The normalized spacial score (nSPS) is 17.1. The van der Waals surface area contributed by atoms with Gasteiger partial charge in [0.05, 0.1) is 27.3 Å². The van der Waals surface area contributed by atoms with E-state index in [1.807, 2.05) is 12.3 Å². The predicted molar refractivity (Wildman–Crippen MR) is 138 cm³/mol. The number of benzene rings is 2. The second-order valence-electron chi connectivity index (χ2n) is 7.97. The number of nitrogens with zero attached hydrogens (tertiary/aromatic N) is 3. The number of fused-ring (bicyclic) bond motifs is 1. The first-order valence-electron chi connectivity index (χ1n) is 11.0. The molecular weight excluding hydrogens is 502 g/mol. The molecule has 2 aromatic carbocycles. The first kappa shape index (κ1) is 23.6. The van der Waals surface area contributed by atoms with Crippen molar-refractivity contribution in [1.82, 2.24) is 4.98 Å². The number of amides is 1. The highest BCUT2D eigenvalue weighted by molar-refractivity contribution is 7.22. The third-order valence-electron chi connectivity index (χ3n) is 5.62. The molecule has 1 saturated heterocycles. The molecule has 0 saturated carbocycles. The summed E-state index contributed by atoms with van der Waals surface area (Å²) in [6.07, 6.45) is 0.811. The Labute approximate surface area is 213 Å². The standard InChI is InChI=1S/C25H19N3O6S2/c1-2-10-34-16-6-3-5-14(12-16)22(29)20-21(18-7-4-11-35-18)27(24(31)23(20)30)25-26-17-9-8-15(28(32)33)13-19(17)36-25/h3-9,11-13,21,29H,2,10H2,1H3/b22-20+. The monoisotopic (exact) mass is 521 g/mol. The fourth-order valence-electron chi connectivity index (χ4n) is 3.97. The summed E-state index contributed by atoms with van der Waals surface area (Å²) in [7, 11) is 0. The van der Waals surface area contributed by atoms with Crippen molar-refractivity contribution in [3.05, 3.63) is 86.1 Å². The number of Topliss-reactive ketones (excluding diaryl/α,β-unsaturated/α-hetero) is 1. The van der Waals surface area contributed by atoms with E-state index in [1.165, 1.54) is 34.4 Å². The van der Waals surface area contributed by atoms with E-state index in [0.29, 0.717) is 33.0 Å². The molecule has 9 nitrogen and oxygen atoms in total. The van der Waals surface area contributed by atoms with Gasteiger partial charge in [-0.25, -0.2) is 4.98 Å². The summed E-state index contributed by atoms with van der Waals surface area (Å²) in [5.74, 6) is -1.44. The zero-order valence-corrected chi connectivity index (χ0v) is 20.5. The molecule has 1 aliphatic heterocycles. The molecule has 0 aliphatic carbocycles. The SMILES string of the molecule is CCCOc1cccc(/C(O)=C2\C(=O)C(=O)N(c3nc4ccc([N+](=O)[O-])cc4s3)C2c2cccs2)c1. The number of thiophene rings is 1. The maximum absolute atomic E-state index is 13.3. The Morgan fingerprint density at radius 2 is 2.03 bits per heavy atom. The Balaban J connectivity index is 1.64. The number of aliphatic hydroxyl groups excluding tert-OH is 1. The van der Waals surface area contributed by atoms with Gasteiger partial charge >= 0.3 is 5.91 Å². The third kappa shape index (κ3) is 4.12. The van der Waals surface area contributed by atoms with Gasteiger partial charge in [-0.3, -0.25) is 24.6 Å². The summed E-state index contributed by atoms with van der Waals surface area (Å²) < 4.78 is 6.16. The number of anilines is 1. The highest BCUT2D eigenvalue weighted by atomic mass is 32.1. The van der Waals surface area contributed by atoms with Crippen LogP contribution in [0.3, 0.4) is 0 Å². The van der Waals surface area contributed by atoms with Crippen molar-refractivity contribution >= 4 is 61.2 Å². The number of carbonyl (C=O) groups excluding carboxylic acids is 2. The maximum atomic E-state index is 13.3. The van der Waals surface area contributed by atoms with Crippen LogP contribution in [0.5, 0.6) is 5.75 Å². The summed E-state index contributed by atoms with van der Waals surface area (Å²) in [4.78, 5) is 43.7. The molecule has 1 unspecified atom stereocenters. The number of hydrogen-bond acceptors (Lipinski definition) is 9. The summed E-state index contributed by atoms with van der Waals surface area (Å²) in [5.41, 5.74) is 0.663. The van der Waals surface area contributed by atoms with Gasteiger partial charge in [0.15, 0.2) is 5.13 Å². The van der Waals surface area contributed by atoms with E-state index < -0.39 is 22.7 Å². The number of rotatable bonds is 7. The van der Waals surface area contributed by atoms with Crippen LogP contribution in [-0.4, -0.2) is 33.3 Å². The molecule has 1 aliphatic rings. The zero-order chi connectivity index (χ0) is 25.4. The molecule has 11 heteroatoms. The first-order valence-corrected chi connectivity index (χ1v) is 12.7. The molecule has 0 radical (unpaired) electrons. The Morgan fingerprint density at radius 1 is 1.19 bits per heavy atom. The fourth-order valence-corrected chi connectivity index (χ4v) is 5.82. The van der Waals surface area contributed by atoms with Crippen molar-refractivity contribution in [3.63, 3.8) is 0 Å². The van der Waals surface area contributed by atoms with E-state index in [-0.39, 0.29) is 22.2 Å². The van der Waals surface area contributed by atoms with E-state index in [2.05, 4.69) is 4.98 Å². The number of non-ortho nitro benzene ring substituents is 1. The Bertz CT molecular complexity index is 1530. The summed E-state index contributed by atoms with van der Waals surface area (Å²) in [5, 5.41) is 24.5. The van der Waals surface area contributed by atoms with Crippen LogP contribution in [0, 0.1) is 10.1 Å². The van der Waals surface area contributed by atoms with Crippen LogP contribution in [0.15, 0.2) is 65.6 Å². The molecule has 2 aromatic heterocycles. The van der Waals surface area contributed by atoms with Crippen LogP contribution in [0.25, 0.3) is 16.0 Å². The molecule has 182 valence electrons. The lowest BCUT2D eigenvalue weighted by molar-refractivity contribution is -0.384. The van der Waals surface area contributed by atoms with E-state index in [0.717, 1.165) is 17.8 Å². The third-order valence-corrected chi connectivity index (χ3v) is 7.56. The average molecular weight is 522 g/mol. The topological polar surface area (TPSA) is 123 Å². The van der Waals surface area contributed by atoms with Crippen molar-refractivity contribution in [2.75, 3.05) is 11.5 Å². The minimum Gasteiger partial charge on any atom is -0.507 e. The van der Waals surface area contributed by atoms with Crippen LogP contribution in [0.1, 0.15) is 29.8 Å². The minimum atomic E-state index is -0.902. The van der Waals surface area contributed by atoms with E-state index in [9.17, 15) is 24.8 Å². The molecule has 1 fully saturated rings. The number of nitro benzene ring substituents is 1. The van der Waals surface area contributed by atoms with Gasteiger partial charge in [-0.2, -0.15) is 0 Å². The van der Waals surface area contributed by atoms with Crippen LogP contribution in [-0.2, 0) is 9.59 Å². The van der Waals surface area contributed by atoms with Crippen molar-refractivity contribution < 1.29 is 24.4 Å². The van der Waals surface area contributed by atoms with Crippen LogP contribution in [0.2, 0.25) is 0 Å². The quantitative estimate of drug-likeness (QED) is 0.109. The van der Waals surface area contributed by atoms with Crippen LogP contribution < -0.4 is 9.64 Å². The van der Waals surface area contributed by atoms with Gasteiger partial charge in [0.25, 0.3) is 11.5 Å². The van der Waals surface area contributed by atoms with Crippen LogP contribution >= 0.6 is 22.7 Å². The lowest BCUT2D eigenvalue weighted by Crippen LogP contribution is -2.28. The second kappa shape index (κ2) is 9.51. The van der Waals surface area contributed by atoms with Crippen molar-refractivity contribution in [3.8, 4) is 5.75 Å². The Kier molecular flexibility index (Phi) is 6.25. The summed E-state index contributed by atoms with van der Waals surface area (Å²) in [6.45, 7) is 2.48. The molecule has 1 amide bonds. The van der Waals surface area contributed by atoms with Gasteiger partial charge in [-0.1, -0.05) is 36.5 Å². The number of nitro groups is 1. The summed E-state index contributed by atoms with van der Waals surface area (Å²) in [6, 6.07) is 13.6. The lowest BCUT2D eigenvalue weighted by atomic mass is 10.00. The lowest BCUT2D eigenvalue weighted by Gasteiger charge is -2.21. The number of ketones is 1. The molecule has 5 rings (SSSR count). The highest BCUT2D eigenvalue weighted by Gasteiger charge is 2.48. The van der Waals surface area contributed by atoms with Gasteiger partial charge < -0.3 is 9.84 Å². The number of thiazole rings is 1. The number of aromatic nitrogens is 1. The van der Waals surface area contributed by atoms with Gasteiger partial charge in [-0.05, 0) is 36.1 Å². The van der Waals surface area contributed by atoms with Gasteiger partial charge in [0.1, 0.15) is 17.6 Å². The molecule has 1 atom stereocenters. The minimum absolute atomic E-state index is 0.0553. The number of ether oxygens (including phenoxy) is 1. The fraction of sp³-hybridized carbons (Fsp3) is 0.160. The van der Waals surface area contributed by atoms with Gasteiger partial charge in [-0.15, -0.1) is 11.3 Å². The molecule has 3 heterocycles. The largest absolute Gasteiger partial charge is 0.507 e. The van der Waals surface area contributed by atoms with Crippen LogP contribution in [0.4, 0.5) is 10.8 Å². The number of carbonyl (C=O) groups is 2. The number of hydrogen-bond donors (Lipinski definition) is 1. The van der Waals surface area contributed by atoms with Crippen molar-refractivity contribution in [2.45, 2.75) is 19.4 Å². The van der Waals surface area contributed by atoms with E-state index in [4.69, 9.17) is 4.74 Å². The van der Waals surface area contributed by atoms with Gasteiger partial charge in [0, 0.05) is 22.6 Å². The Hall–Kier alpha value is -4.09. The molecule has 1 N–H and O–H groups in total. The number of aliphatic hydroxyl groups is 1. The summed E-state index contributed by atoms with van der Waals surface area (Å²) >= 11 is 2.41. The molecule has 36 heavy (non-hydrogen) atoms. The Morgan fingerprint density at radius 3 is 2.75 bits per heavy atom. The van der Waals surface area contributed by atoms with E-state index in [1.54, 1.807) is 36.4 Å². The highest BCUT2D eigenvalue weighted by Crippen LogP contribution is 2.45. The van der Waals surface area contributed by atoms with E-state index >= 15 is 0 Å². The average Bonchev–Trinajstić information content (AvgIpc) is 3.60. The molecule has 4 aromatic rings. The molecular formula is C25H19N3O6S2.